The smallest absolute Gasteiger partial charge is 0.231 e. The highest BCUT2D eigenvalue weighted by Crippen LogP contribution is 2.41. The summed E-state index contributed by atoms with van der Waals surface area (Å²) in [6.07, 6.45) is 9.22. The number of hydrogen-bond donors (Lipinski definition) is 2. The first kappa shape index (κ1) is 26.9. The van der Waals surface area contributed by atoms with Crippen LogP contribution in [0.3, 0.4) is 0 Å². The van der Waals surface area contributed by atoms with Crippen LogP contribution in [0.4, 0.5) is 0 Å². The second-order valence-corrected chi connectivity index (χ2v) is 11.3. The summed E-state index contributed by atoms with van der Waals surface area (Å²) >= 11 is 0. The Labute approximate surface area is 231 Å². The number of carbonyl (C=O) groups excluding carboxylic acids is 1. The standard InChI is InChI=1S/C32H40N4O3/c1-5-38-28-15-13-23-17-24(28)20-36-30(37)18-25(35-31(36)33)11-9-7-6-8-10-22-12-14-29-26(16-22)27(34-21(23)2)19-32(3,4)39-29/h6,8,12-17,25,27,34H,2,5,7,9-11,18-20H2,1,3-4H3,(H2,33,35)/b8-6-. The second kappa shape index (κ2) is 11.2. The van der Waals surface area contributed by atoms with Gasteiger partial charge in [0.25, 0.3) is 0 Å². The van der Waals surface area contributed by atoms with Crippen molar-refractivity contribution in [2.75, 3.05) is 6.61 Å². The molecule has 0 aliphatic carbocycles. The normalized spacial score (nSPS) is 23.8. The summed E-state index contributed by atoms with van der Waals surface area (Å²) in [6.45, 7) is 11.4. The van der Waals surface area contributed by atoms with Crippen LogP contribution in [0.1, 0.15) is 81.2 Å². The Bertz CT molecular complexity index is 1310. The predicted octanol–water partition coefficient (Wildman–Crippen LogP) is 5.65. The fraction of sp³-hybridized carbons (Fsp3) is 0.438. The summed E-state index contributed by atoms with van der Waals surface area (Å²) in [7, 11) is 0. The van der Waals surface area contributed by atoms with E-state index in [0.29, 0.717) is 19.6 Å². The number of nitrogens with zero attached hydrogens (tertiary/aromatic N) is 2. The molecule has 0 saturated carbocycles. The number of amides is 1. The van der Waals surface area contributed by atoms with Crippen LogP contribution in [0.25, 0.3) is 5.70 Å². The van der Waals surface area contributed by atoms with Crippen molar-refractivity contribution in [2.45, 2.75) is 83.5 Å². The maximum atomic E-state index is 13.1. The molecule has 4 aliphatic rings. The van der Waals surface area contributed by atoms with E-state index in [1.54, 1.807) is 4.90 Å². The minimum Gasteiger partial charge on any atom is -0.494 e. The van der Waals surface area contributed by atoms with E-state index in [2.05, 4.69) is 61.1 Å². The van der Waals surface area contributed by atoms with Gasteiger partial charge in [0.2, 0.25) is 5.91 Å². The van der Waals surface area contributed by atoms with Gasteiger partial charge in [-0.3, -0.25) is 9.69 Å². The highest BCUT2D eigenvalue weighted by atomic mass is 16.5. The van der Waals surface area contributed by atoms with Crippen molar-refractivity contribution in [1.29, 1.82) is 0 Å². The number of benzene rings is 2. The van der Waals surface area contributed by atoms with Crippen molar-refractivity contribution in [3.8, 4) is 11.5 Å². The molecule has 1 amide bonds. The first-order valence-corrected chi connectivity index (χ1v) is 14.0. The number of ether oxygens (including phenoxy) is 2. The van der Waals surface area contributed by atoms with Gasteiger partial charge < -0.3 is 20.5 Å². The van der Waals surface area contributed by atoms with Crippen LogP contribution in [0.15, 0.2) is 60.1 Å². The molecule has 7 nitrogen and oxygen atoms in total. The molecule has 4 aliphatic heterocycles. The van der Waals surface area contributed by atoms with Crippen LogP contribution >= 0.6 is 0 Å². The molecule has 6 bridgehead atoms. The number of allylic oxidation sites excluding steroid dienone is 2. The molecular formula is C32H40N4O3. The molecule has 4 heterocycles. The van der Waals surface area contributed by atoms with Crippen LogP contribution in [0, 0.1) is 0 Å². The lowest BCUT2D eigenvalue weighted by molar-refractivity contribution is -0.128. The van der Waals surface area contributed by atoms with Crippen molar-refractivity contribution >= 4 is 17.6 Å². The molecule has 0 spiro atoms. The molecule has 0 fully saturated rings. The van der Waals surface area contributed by atoms with E-state index in [0.717, 1.165) is 66.0 Å². The van der Waals surface area contributed by atoms with E-state index in [1.165, 1.54) is 5.56 Å². The third kappa shape index (κ3) is 6.13. The summed E-state index contributed by atoms with van der Waals surface area (Å²) in [5.41, 5.74) is 11.0. The SMILES string of the molecule is C=C1NC2CC(C)(C)Oc3ccc(cc32)C/C=C\CCCC2CC(=O)N(Cc3cc1ccc3OCC)C(N)=N2. The van der Waals surface area contributed by atoms with Gasteiger partial charge in [-0.1, -0.05) is 24.8 Å². The van der Waals surface area contributed by atoms with Crippen LogP contribution in [-0.4, -0.2) is 35.0 Å². The molecule has 206 valence electrons. The number of fused-ring (bicyclic) bond motifs is 6. The van der Waals surface area contributed by atoms with Crippen molar-refractivity contribution in [3.05, 3.63) is 77.4 Å². The molecule has 2 unspecified atom stereocenters. The molecule has 39 heavy (non-hydrogen) atoms. The zero-order valence-electron chi connectivity index (χ0n) is 23.3. The van der Waals surface area contributed by atoms with Crippen LogP contribution in [0.5, 0.6) is 11.5 Å². The Morgan fingerprint density at radius 2 is 2.08 bits per heavy atom. The first-order valence-electron chi connectivity index (χ1n) is 14.0. The number of guanidine groups is 1. The molecule has 0 aromatic heterocycles. The van der Waals surface area contributed by atoms with E-state index in [4.69, 9.17) is 15.2 Å². The monoisotopic (exact) mass is 528 g/mol. The Morgan fingerprint density at radius 3 is 2.87 bits per heavy atom. The highest BCUT2D eigenvalue weighted by molar-refractivity contribution is 5.98. The summed E-state index contributed by atoms with van der Waals surface area (Å²) < 4.78 is 12.3. The van der Waals surface area contributed by atoms with Gasteiger partial charge in [-0.15, -0.1) is 0 Å². The van der Waals surface area contributed by atoms with E-state index in [1.807, 2.05) is 25.1 Å². The zero-order chi connectivity index (χ0) is 27.6. The molecule has 0 radical (unpaired) electrons. The topological polar surface area (TPSA) is 89.2 Å². The lowest BCUT2D eigenvalue weighted by Gasteiger charge is -2.39. The Hall–Kier alpha value is -3.74. The Balaban J connectivity index is 1.52. The lowest BCUT2D eigenvalue weighted by Crippen LogP contribution is -2.46. The molecule has 6 rings (SSSR count). The summed E-state index contributed by atoms with van der Waals surface area (Å²) in [5.74, 6) is 1.92. The van der Waals surface area contributed by atoms with E-state index >= 15 is 0 Å². The first-order chi connectivity index (χ1) is 18.7. The molecule has 2 aromatic rings. The van der Waals surface area contributed by atoms with Gasteiger partial charge in [-0.05, 0) is 87.9 Å². The molecule has 7 heteroatoms. The number of hydrogen-bond acceptors (Lipinski definition) is 6. The fourth-order valence-corrected chi connectivity index (χ4v) is 5.70. The Kier molecular flexibility index (Phi) is 7.69. The van der Waals surface area contributed by atoms with Gasteiger partial charge in [0.15, 0.2) is 5.96 Å². The third-order valence-electron chi connectivity index (χ3n) is 7.65. The minimum absolute atomic E-state index is 0.00213. The van der Waals surface area contributed by atoms with E-state index < -0.39 is 0 Å². The van der Waals surface area contributed by atoms with Crippen molar-refractivity contribution in [3.63, 3.8) is 0 Å². The number of rotatable bonds is 2. The molecular weight excluding hydrogens is 488 g/mol. The van der Waals surface area contributed by atoms with Gasteiger partial charge in [0.05, 0.1) is 25.2 Å². The van der Waals surface area contributed by atoms with Gasteiger partial charge in [-0.25, -0.2) is 4.99 Å². The third-order valence-corrected chi connectivity index (χ3v) is 7.65. The average Bonchev–Trinajstić information content (AvgIpc) is 2.88. The van der Waals surface area contributed by atoms with Crippen molar-refractivity contribution in [2.24, 2.45) is 10.7 Å². The average molecular weight is 529 g/mol. The largest absolute Gasteiger partial charge is 0.494 e. The second-order valence-electron chi connectivity index (χ2n) is 11.3. The van der Waals surface area contributed by atoms with Gasteiger partial charge in [0.1, 0.15) is 17.1 Å². The summed E-state index contributed by atoms with van der Waals surface area (Å²) in [5, 5.41) is 3.69. The van der Waals surface area contributed by atoms with Crippen molar-refractivity contribution in [1.82, 2.24) is 10.2 Å². The lowest BCUT2D eigenvalue weighted by atomic mass is 9.88. The number of aliphatic imine (C=N–C) groups is 1. The summed E-state index contributed by atoms with van der Waals surface area (Å²) in [6, 6.07) is 12.5. The summed E-state index contributed by atoms with van der Waals surface area (Å²) in [4.78, 5) is 19.4. The molecule has 2 atom stereocenters. The van der Waals surface area contributed by atoms with Crippen LogP contribution in [0.2, 0.25) is 0 Å². The van der Waals surface area contributed by atoms with Crippen LogP contribution < -0.4 is 20.5 Å². The predicted molar refractivity (Wildman–Crippen MR) is 156 cm³/mol. The quantitative estimate of drug-likeness (QED) is 0.492. The van der Waals surface area contributed by atoms with Gasteiger partial charge in [-0.2, -0.15) is 0 Å². The maximum absolute atomic E-state index is 13.1. The number of nitrogens with two attached hydrogens (primary N) is 1. The molecule has 3 N–H and O–H groups in total. The Morgan fingerprint density at radius 1 is 1.23 bits per heavy atom. The van der Waals surface area contributed by atoms with E-state index in [-0.39, 0.29) is 29.6 Å². The molecule has 0 saturated heterocycles. The number of nitrogens with one attached hydrogen (secondary N) is 1. The number of carbonyl (C=O) groups is 1. The van der Waals surface area contributed by atoms with Gasteiger partial charge >= 0.3 is 0 Å². The van der Waals surface area contributed by atoms with Crippen molar-refractivity contribution < 1.29 is 14.3 Å². The van der Waals surface area contributed by atoms with E-state index in [9.17, 15) is 4.79 Å². The zero-order valence-corrected chi connectivity index (χ0v) is 23.3. The van der Waals surface area contributed by atoms with Gasteiger partial charge in [0, 0.05) is 29.7 Å². The maximum Gasteiger partial charge on any atom is 0.231 e. The fourth-order valence-electron chi connectivity index (χ4n) is 5.70. The minimum atomic E-state index is -0.312. The van der Waals surface area contributed by atoms with Crippen LogP contribution in [-0.2, 0) is 17.8 Å². The molecule has 2 aromatic carbocycles. The highest BCUT2D eigenvalue weighted by Gasteiger charge is 2.34.